The summed E-state index contributed by atoms with van der Waals surface area (Å²) >= 11 is 0. The van der Waals surface area contributed by atoms with Crippen LogP contribution in [0.15, 0.2) is 10.6 Å². The lowest BCUT2D eigenvalue weighted by Crippen LogP contribution is -2.36. The van der Waals surface area contributed by atoms with Crippen molar-refractivity contribution >= 4 is 11.9 Å². The van der Waals surface area contributed by atoms with E-state index >= 15 is 0 Å². The number of oxazole rings is 1. The molecule has 2 heterocycles. The van der Waals surface area contributed by atoms with Crippen LogP contribution < -0.4 is 10.6 Å². The van der Waals surface area contributed by atoms with E-state index in [2.05, 4.69) is 4.98 Å². The maximum Gasteiger partial charge on any atom is 0.298 e. The molecule has 1 amide bonds. The van der Waals surface area contributed by atoms with E-state index in [4.69, 9.17) is 14.9 Å². The summed E-state index contributed by atoms with van der Waals surface area (Å²) in [7, 11) is 0. The topological polar surface area (TPSA) is 81.6 Å². The lowest BCUT2D eigenvalue weighted by molar-refractivity contribution is 0.0972. The van der Waals surface area contributed by atoms with Gasteiger partial charge < -0.3 is 19.8 Å². The zero-order chi connectivity index (χ0) is 9.97. The summed E-state index contributed by atoms with van der Waals surface area (Å²) in [5.41, 5.74) is 5.04. The number of rotatable bonds is 2. The van der Waals surface area contributed by atoms with Gasteiger partial charge in [-0.2, -0.15) is 0 Å². The van der Waals surface area contributed by atoms with Crippen molar-refractivity contribution in [3.05, 3.63) is 12.0 Å². The number of hydrogen-bond acceptors (Lipinski definition) is 5. The highest BCUT2D eigenvalue weighted by Gasteiger charge is 2.17. The summed E-state index contributed by atoms with van der Waals surface area (Å²) in [6.07, 6.45) is 1.34. The van der Waals surface area contributed by atoms with Gasteiger partial charge in [0.2, 0.25) is 5.76 Å². The summed E-state index contributed by atoms with van der Waals surface area (Å²) in [5, 5.41) is 0. The molecule has 1 saturated heterocycles. The van der Waals surface area contributed by atoms with Crippen molar-refractivity contribution in [2.45, 2.75) is 0 Å². The van der Waals surface area contributed by atoms with Gasteiger partial charge in [-0.3, -0.25) is 4.79 Å². The van der Waals surface area contributed by atoms with Crippen molar-refractivity contribution in [1.82, 2.24) is 4.98 Å². The third kappa shape index (κ3) is 1.69. The minimum Gasteiger partial charge on any atom is -0.418 e. The number of nitrogens with zero attached hydrogens (tertiary/aromatic N) is 2. The molecule has 2 rings (SSSR count). The van der Waals surface area contributed by atoms with E-state index in [1.165, 1.54) is 6.20 Å². The highest BCUT2D eigenvalue weighted by atomic mass is 16.5. The largest absolute Gasteiger partial charge is 0.418 e. The molecule has 6 heteroatoms. The van der Waals surface area contributed by atoms with Crippen LogP contribution in [0, 0.1) is 0 Å². The van der Waals surface area contributed by atoms with Crippen LogP contribution in [0.4, 0.5) is 6.01 Å². The molecule has 0 unspecified atom stereocenters. The average molecular weight is 197 g/mol. The summed E-state index contributed by atoms with van der Waals surface area (Å²) in [6, 6.07) is 0.432. The fourth-order valence-electron chi connectivity index (χ4n) is 1.28. The Morgan fingerprint density at radius 2 is 2.21 bits per heavy atom. The molecule has 1 aliphatic rings. The molecule has 0 bridgehead atoms. The van der Waals surface area contributed by atoms with Crippen molar-refractivity contribution < 1.29 is 13.9 Å². The van der Waals surface area contributed by atoms with E-state index in [-0.39, 0.29) is 5.76 Å². The van der Waals surface area contributed by atoms with E-state index < -0.39 is 5.91 Å². The number of hydrogen-bond donors (Lipinski definition) is 1. The van der Waals surface area contributed by atoms with Crippen LogP contribution in [0.5, 0.6) is 0 Å². The van der Waals surface area contributed by atoms with Gasteiger partial charge in [-0.25, -0.2) is 4.98 Å². The van der Waals surface area contributed by atoms with Crippen LogP contribution in [0.1, 0.15) is 10.6 Å². The normalized spacial score (nSPS) is 17.0. The van der Waals surface area contributed by atoms with Crippen molar-refractivity contribution in [2.75, 3.05) is 31.2 Å². The van der Waals surface area contributed by atoms with Crippen LogP contribution in [-0.4, -0.2) is 37.2 Å². The molecule has 0 spiro atoms. The van der Waals surface area contributed by atoms with Gasteiger partial charge in [-0.15, -0.1) is 0 Å². The number of aromatic nitrogens is 1. The smallest absolute Gasteiger partial charge is 0.298 e. The average Bonchev–Trinajstić information content (AvgIpc) is 2.68. The first-order valence-corrected chi connectivity index (χ1v) is 4.35. The maximum atomic E-state index is 10.7. The quantitative estimate of drug-likeness (QED) is 0.698. The highest BCUT2D eigenvalue weighted by Crippen LogP contribution is 2.15. The number of anilines is 1. The first-order valence-electron chi connectivity index (χ1n) is 4.35. The van der Waals surface area contributed by atoms with Crippen LogP contribution in [0.2, 0.25) is 0 Å². The monoisotopic (exact) mass is 197 g/mol. The Bertz CT molecular complexity index is 330. The van der Waals surface area contributed by atoms with Gasteiger partial charge in [-0.05, 0) is 0 Å². The van der Waals surface area contributed by atoms with Crippen LogP contribution in [-0.2, 0) is 4.74 Å². The Morgan fingerprint density at radius 1 is 1.50 bits per heavy atom. The van der Waals surface area contributed by atoms with Gasteiger partial charge in [0.15, 0.2) is 0 Å². The Labute approximate surface area is 80.6 Å². The molecule has 0 aromatic carbocycles. The second-order valence-corrected chi connectivity index (χ2v) is 2.97. The van der Waals surface area contributed by atoms with Gasteiger partial charge in [-0.1, -0.05) is 0 Å². The lowest BCUT2D eigenvalue weighted by atomic mass is 10.5. The number of carbonyl (C=O) groups excluding carboxylic acids is 1. The van der Waals surface area contributed by atoms with Gasteiger partial charge in [0.1, 0.15) is 0 Å². The van der Waals surface area contributed by atoms with Gasteiger partial charge in [0.25, 0.3) is 11.9 Å². The molecule has 0 atom stereocenters. The second-order valence-electron chi connectivity index (χ2n) is 2.97. The lowest BCUT2D eigenvalue weighted by Gasteiger charge is -2.24. The van der Waals surface area contributed by atoms with E-state index in [0.29, 0.717) is 19.2 Å². The summed E-state index contributed by atoms with van der Waals surface area (Å²) in [6.45, 7) is 2.74. The Morgan fingerprint density at radius 3 is 2.79 bits per heavy atom. The first-order chi connectivity index (χ1) is 6.77. The fraction of sp³-hybridized carbons (Fsp3) is 0.500. The predicted octanol–water partition coefficient (Wildman–Crippen LogP) is -0.390. The molecule has 1 fully saturated rings. The van der Waals surface area contributed by atoms with Crippen LogP contribution in [0.3, 0.4) is 0 Å². The summed E-state index contributed by atoms with van der Waals surface area (Å²) < 4.78 is 10.3. The summed E-state index contributed by atoms with van der Waals surface area (Å²) in [4.78, 5) is 16.6. The molecule has 0 radical (unpaired) electrons. The molecule has 6 nitrogen and oxygen atoms in total. The maximum absolute atomic E-state index is 10.7. The van der Waals surface area contributed by atoms with Crippen molar-refractivity contribution in [1.29, 1.82) is 0 Å². The number of amides is 1. The molecule has 2 N–H and O–H groups in total. The molecule has 0 saturated carbocycles. The molecule has 0 aliphatic carbocycles. The number of morpholine rings is 1. The molecular formula is C8H11N3O3. The molecule has 76 valence electrons. The first kappa shape index (κ1) is 9.01. The van der Waals surface area contributed by atoms with Gasteiger partial charge >= 0.3 is 0 Å². The minimum absolute atomic E-state index is 0.0893. The molecule has 1 aromatic heterocycles. The minimum atomic E-state index is -0.600. The van der Waals surface area contributed by atoms with Gasteiger partial charge in [0.05, 0.1) is 19.4 Å². The van der Waals surface area contributed by atoms with E-state index in [0.717, 1.165) is 13.1 Å². The molecule has 14 heavy (non-hydrogen) atoms. The molecule has 1 aliphatic heterocycles. The van der Waals surface area contributed by atoms with E-state index in [9.17, 15) is 4.79 Å². The van der Waals surface area contributed by atoms with Crippen molar-refractivity contribution in [3.8, 4) is 0 Å². The predicted molar refractivity (Wildman–Crippen MR) is 48.1 cm³/mol. The Balaban J connectivity index is 2.11. The highest BCUT2D eigenvalue weighted by molar-refractivity contribution is 5.89. The number of carbonyl (C=O) groups is 1. The zero-order valence-corrected chi connectivity index (χ0v) is 7.60. The van der Waals surface area contributed by atoms with Crippen molar-refractivity contribution in [2.24, 2.45) is 5.73 Å². The number of ether oxygens (including phenoxy) is 1. The second kappa shape index (κ2) is 3.67. The molecule has 1 aromatic rings. The van der Waals surface area contributed by atoms with Crippen LogP contribution >= 0.6 is 0 Å². The summed E-state index contributed by atoms with van der Waals surface area (Å²) in [5.74, 6) is -0.511. The Hall–Kier alpha value is -1.56. The Kier molecular flexibility index (Phi) is 2.36. The van der Waals surface area contributed by atoms with Crippen molar-refractivity contribution in [3.63, 3.8) is 0 Å². The number of primary amides is 1. The van der Waals surface area contributed by atoms with Crippen LogP contribution in [0.25, 0.3) is 0 Å². The third-order valence-corrected chi connectivity index (χ3v) is 2.02. The SMILES string of the molecule is NC(=O)c1cnc(N2CCOCC2)o1. The van der Waals surface area contributed by atoms with Gasteiger partial charge in [0, 0.05) is 13.1 Å². The third-order valence-electron chi connectivity index (χ3n) is 2.02. The zero-order valence-electron chi connectivity index (χ0n) is 7.60. The molecular weight excluding hydrogens is 186 g/mol. The van der Waals surface area contributed by atoms with E-state index in [1.54, 1.807) is 0 Å². The number of nitrogens with two attached hydrogens (primary N) is 1. The fourth-order valence-corrected chi connectivity index (χ4v) is 1.28. The van der Waals surface area contributed by atoms with E-state index in [1.807, 2.05) is 4.90 Å². The standard InChI is InChI=1S/C8H11N3O3/c9-7(12)6-5-10-8(14-6)11-1-3-13-4-2-11/h5H,1-4H2,(H2,9,12).